The minimum Gasteiger partial charge on any atom is -0.462 e. The van der Waals surface area contributed by atoms with E-state index in [0.29, 0.717) is 6.42 Å². The summed E-state index contributed by atoms with van der Waals surface area (Å²) in [5.74, 6) is -0.809. The molecule has 55 heavy (non-hydrogen) atoms. The smallest absolute Gasteiger partial charge is 0.462 e. The summed E-state index contributed by atoms with van der Waals surface area (Å²) in [4.78, 5) is 34.9. The van der Waals surface area contributed by atoms with Crippen molar-refractivity contribution in [2.45, 2.75) is 251 Å². The number of nitrogens with two attached hydrogens (primary N) is 1. The van der Waals surface area contributed by atoms with Crippen molar-refractivity contribution in [2.75, 3.05) is 26.4 Å². The molecule has 9 nitrogen and oxygen atoms in total. The fourth-order valence-electron chi connectivity index (χ4n) is 6.99. The lowest BCUT2D eigenvalue weighted by atomic mass is 10.0. The molecule has 2 atom stereocenters. The van der Waals surface area contributed by atoms with Crippen LogP contribution in [-0.4, -0.2) is 49.3 Å². The van der Waals surface area contributed by atoms with Crippen molar-refractivity contribution in [1.29, 1.82) is 0 Å². The second-order valence-electron chi connectivity index (χ2n) is 16.0. The van der Waals surface area contributed by atoms with Crippen LogP contribution >= 0.6 is 7.82 Å². The third kappa shape index (κ3) is 42.4. The summed E-state index contributed by atoms with van der Waals surface area (Å²) >= 11 is 0. The Kier molecular flexibility index (Phi) is 41.8. The number of carbonyl (C=O) groups is 2. The number of ether oxygens (including phenoxy) is 2. The van der Waals surface area contributed by atoms with Gasteiger partial charge in [-0.3, -0.25) is 18.6 Å². The molecule has 0 amide bonds. The van der Waals surface area contributed by atoms with E-state index in [9.17, 15) is 19.0 Å². The summed E-state index contributed by atoms with van der Waals surface area (Å²) in [6, 6.07) is 0. The van der Waals surface area contributed by atoms with Crippen LogP contribution in [0.3, 0.4) is 0 Å². The fraction of sp³-hybridized carbons (Fsp3) is 0.956. The molecule has 3 N–H and O–H groups in total. The number of phosphoric ester groups is 1. The van der Waals surface area contributed by atoms with Gasteiger partial charge in [-0.1, -0.05) is 219 Å². The molecule has 0 rings (SSSR count). The van der Waals surface area contributed by atoms with Gasteiger partial charge in [-0.15, -0.1) is 0 Å². The van der Waals surface area contributed by atoms with E-state index in [1.165, 1.54) is 180 Å². The molecule has 0 fully saturated rings. The summed E-state index contributed by atoms with van der Waals surface area (Å²) < 4.78 is 32.9. The van der Waals surface area contributed by atoms with Crippen LogP contribution in [0.2, 0.25) is 0 Å². The maximum atomic E-state index is 12.6. The largest absolute Gasteiger partial charge is 0.472 e. The topological polar surface area (TPSA) is 134 Å². The first-order chi connectivity index (χ1) is 26.8. The second-order valence-corrected chi connectivity index (χ2v) is 17.4. The van der Waals surface area contributed by atoms with Gasteiger partial charge in [-0.05, 0) is 12.8 Å². The maximum absolute atomic E-state index is 12.6. The van der Waals surface area contributed by atoms with E-state index in [0.717, 1.165) is 32.1 Å². The van der Waals surface area contributed by atoms with Crippen molar-refractivity contribution >= 4 is 19.8 Å². The van der Waals surface area contributed by atoms with Gasteiger partial charge >= 0.3 is 19.8 Å². The molecular weight excluding hydrogens is 713 g/mol. The number of esters is 2. The Hall–Kier alpha value is -0.990. The van der Waals surface area contributed by atoms with Crippen molar-refractivity contribution in [1.82, 2.24) is 0 Å². The molecule has 0 aromatic rings. The predicted molar refractivity (Wildman–Crippen MR) is 229 cm³/mol. The number of carbonyl (C=O) groups excluding carboxylic acids is 2. The minimum absolute atomic E-state index is 0.0582. The highest BCUT2D eigenvalue weighted by molar-refractivity contribution is 7.47. The zero-order valence-corrected chi connectivity index (χ0v) is 37.1. The van der Waals surface area contributed by atoms with Crippen LogP contribution in [0.4, 0.5) is 0 Å². The molecule has 0 aliphatic rings. The minimum atomic E-state index is -4.37. The number of unbranched alkanes of at least 4 members (excludes halogenated alkanes) is 32. The second kappa shape index (κ2) is 42.6. The highest BCUT2D eigenvalue weighted by atomic mass is 31.2. The van der Waals surface area contributed by atoms with Crippen molar-refractivity contribution in [2.24, 2.45) is 5.73 Å². The van der Waals surface area contributed by atoms with Crippen molar-refractivity contribution in [3.8, 4) is 0 Å². The van der Waals surface area contributed by atoms with Gasteiger partial charge in [-0.25, -0.2) is 4.57 Å². The Morgan fingerprint density at radius 2 is 0.782 bits per heavy atom. The van der Waals surface area contributed by atoms with E-state index >= 15 is 0 Å². The molecule has 0 saturated carbocycles. The number of phosphoric acid groups is 1. The van der Waals surface area contributed by atoms with Crippen LogP contribution < -0.4 is 5.73 Å². The van der Waals surface area contributed by atoms with Crippen LogP contribution in [0, 0.1) is 0 Å². The predicted octanol–water partition coefficient (Wildman–Crippen LogP) is 13.6. The highest BCUT2D eigenvalue weighted by Crippen LogP contribution is 2.43. The summed E-state index contributed by atoms with van der Waals surface area (Å²) in [5, 5.41) is 0. The first kappa shape index (κ1) is 54.0. The molecule has 0 saturated heterocycles. The van der Waals surface area contributed by atoms with E-state index in [-0.39, 0.29) is 38.6 Å². The quantitative estimate of drug-likeness (QED) is 0.0350. The lowest BCUT2D eigenvalue weighted by Crippen LogP contribution is -2.29. The molecule has 0 aromatic carbocycles. The summed E-state index contributed by atoms with van der Waals surface area (Å²) in [6.45, 7) is 3.79. The molecule has 10 heteroatoms. The molecule has 328 valence electrons. The maximum Gasteiger partial charge on any atom is 0.472 e. The molecule has 0 spiro atoms. The Labute approximate surface area is 339 Å². The van der Waals surface area contributed by atoms with Gasteiger partial charge in [0.1, 0.15) is 6.61 Å². The molecular formula is C45H90NO8P. The first-order valence-corrected chi connectivity index (χ1v) is 25.0. The summed E-state index contributed by atoms with van der Waals surface area (Å²) in [6.07, 6.45) is 42.7. The Morgan fingerprint density at radius 1 is 0.473 bits per heavy atom. The SMILES string of the molecule is CCCCCCCCCCCCCCCCCCCCC(=O)OCC(COP(=O)(O)OCCN)OC(=O)CCCCCCCCCCCCCCCCCC. The van der Waals surface area contributed by atoms with E-state index < -0.39 is 26.5 Å². The molecule has 0 radical (unpaired) electrons. The Bertz CT molecular complexity index is 876. The van der Waals surface area contributed by atoms with E-state index in [1.807, 2.05) is 0 Å². The summed E-state index contributed by atoms with van der Waals surface area (Å²) in [5.41, 5.74) is 5.36. The zero-order chi connectivity index (χ0) is 40.3. The number of rotatable bonds is 45. The van der Waals surface area contributed by atoms with E-state index in [2.05, 4.69) is 13.8 Å². The average molecular weight is 804 g/mol. The highest BCUT2D eigenvalue weighted by Gasteiger charge is 2.26. The Morgan fingerprint density at radius 3 is 1.11 bits per heavy atom. The average Bonchev–Trinajstić information content (AvgIpc) is 3.17. The normalized spacial score (nSPS) is 13.2. The van der Waals surface area contributed by atoms with Gasteiger partial charge < -0.3 is 20.1 Å². The molecule has 2 unspecified atom stereocenters. The van der Waals surface area contributed by atoms with Crippen LogP contribution in [-0.2, 0) is 32.7 Å². The molecule has 0 heterocycles. The van der Waals surface area contributed by atoms with Crippen LogP contribution in [0.25, 0.3) is 0 Å². The zero-order valence-electron chi connectivity index (χ0n) is 36.2. The van der Waals surface area contributed by atoms with Gasteiger partial charge in [0.05, 0.1) is 13.2 Å². The fourth-order valence-corrected chi connectivity index (χ4v) is 7.76. The molecule has 0 aliphatic heterocycles. The monoisotopic (exact) mass is 804 g/mol. The number of hydrogen-bond donors (Lipinski definition) is 2. The van der Waals surface area contributed by atoms with Gasteiger partial charge in [0.15, 0.2) is 6.10 Å². The van der Waals surface area contributed by atoms with Crippen molar-refractivity contribution < 1.29 is 37.6 Å². The van der Waals surface area contributed by atoms with Crippen LogP contribution in [0.5, 0.6) is 0 Å². The van der Waals surface area contributed by atoms with Crippen LogP contribution in [0.1, 0.15) is 245 Å². The third-order valence-electron chi connectivity index (χ3n) is 10.5. The van der Waals surface area contributed by atoms with Crippen molar-refractivity contribution in [3.05, 3.63) is 0 Å². The van der Waals surface area contributed by atoms with E-state index in [1.54, 1.807) is 0 Å². The summed E-state index contributed by atoms with van der Waals surface area (Å²) in [7, 11) is -4.37. The molecule has 0 aromatic heterocycles. The first-order valence-electron chi connectivity index (χ1n) is 23.5. The number of hydrogen-bond acceptors (Lipinski definition) is 8. The molecule has 0 bridgehead atoms. The lowest BCUT2D eigenvalue weighted by molar-refractivity contribution is -0.161. The van der Waals surface area contributed by atoms with Crippen molar-refractivity contribution in [3.63, 3.8) is 0 Å². The van der Waals surface area contributed by atoms with Gasteiger partial charge in [0, 0.05) is 19.4 Å². The van der Waals surface area contributed by atoms with Gasteiger partial charge in [-0.2, -0.15) is 0 Å². The van der Waals surface area contributed by atoms with Gasteiger partial charge in [0.25, 0.3) is 0 Å². The Balaban J connectivity index is 4.04. The van der Waals surface area contributed by atoms with Gasteiger partial charge in [0.2, 0.25) is 0 Å². The standard InChI is InChI=1S/C45H90NO8P/c1-3-5-7-9-11-13-15-17-19-21-22-24-25-27-29-31-33-35-37-44(47)51-41-43(42-53-55(49,50)52-40-39-46)54-45(48)38-36-34-32-30-28-26-23-20-18-16-14-12-10-8-6-4-2/h43H,3-42,46H2,1-2H3,(H,49,50). The molecule has 0 aliphatic carbocycles. The third-order valence-corrected chi connectivity index (χ3v) is 11.5. The lowest BCUT2D eigenvalue weighted by Gasteiger charge is -2.19. The van der Waals surface area contributed by atoms with E-state index in [4.69, 9.17) is 24.3 Å². The van der Waals surface area contributed by atoms with Crippen LogP contribution in [0.15, 0.2) is 0 Å².